The zero-order chi connectivity index (χ0) is 28.3. The molecule has 0 unspecified atom stereocenters. The summed E-state index contributed by atoms with van der Waals surface area (Å²) in [7, 11) is 0. The number of ether oxygens (including phenoxy) is 2. The lowest BCUT2D eigenvalue weighted by atomic mass is 10.1. The minimum absolute atomic E-state index is 0.0476. The van der Waals surface area contributed by atoms with E-state index in [2.05, 4.69) is 14.7 Å². The molecule has 0 saturated carbocycles. The van der Waals surface area contributed by atoms with Crippen LogP contribution in [0, 0.1) is 17.5 Å². The summed E-state index contributed by atoms with van der Waals surface area (Å²) in [6, 6.07) is 5.36. The summed E-state index contributed by atoms with van der Waals surface area (Å²) in [5.74, 6) is -5.17. The van der Waals surface area contributed by atoms with Crippen molar-refractivity contribution in [1.29, 1.82) is 0 Å². The van der Waals surface area contributed by atoms with Crippen molar-refractivity contribution in [3.05, 3.63) is 99.5 Å². The molecule has 0 aliphatic rings. The van der Waals surface area contributed by atoms with Gasteiger partial charge in [0.25, 0.3) is 5.56 Å². The van der Waals surface area contributed by atoms with Crippen molar-refractivity contribution in [2.24, 2.45) is 0 Å². The largest absolute Gasteiger partial charge is 0.463 e. The second-order valence-electron chi connectivity index (χ2n) is 8.01. The number of esters is 1. The summed E-state index contributed by atoms with van der Waals surface area (Å²) < 4.78 is 94.0. The summed E-state index contributed by atoms with van der Waals surface area (Å²) in [4.78, 5) is 31.2. The average Bonchev–Trinajstić information content (AvgIpc) is 2.86. The Morgan fingerprint density at radius 2 is 1.77 bits per heavy atom. The summed E-state index contributed by atoms with van der Waals surface area (Å²) >= 11 is 0. The number of pyridine rings is 1. The van der Waals surface area contributed by atoms with Gasteiger partial charge in [-0.3, -0.25) is 4.79 Å². The van der Waals surface area contributed by atoms with Crippen molar-refractivity contribution in [3.8, 4) is 11.6 Å². The van der Waals surface area contributed by atoms with Gasteiger partial charge in [-0.2, -0.15) is 18.2 Å². The van der Waals surface area contributed by atoms with Crippen molar-refractivity contribution in [1.82, 2.24) is 14.5 Å². The molecule has 4 aromatic rings. The van der Waals surface area contributed by atoms with E-state index in [4.69, 9.17) is 4.74 Å². The summed E-state index contributed by atoms with van der Waals surface area (Å²) in [5.41, 5.74) is -2.43. The smallest absolute Gasteiger partial charge is 0.421 e. The van der Waals surface area contributed by atoms with Crippen molar-refractivity contribution in [2.75, 3.05) is 6.61 Å². The van der Waals surface area contributed by atoms with Crippen LogP contribution in [0.2, 0.25) is 0 Å². The van der Waals surface area contributed by atoms with Gasteiger partial charge in [0.05, 0.1) is 30.4 Å². The third-order valence-corrected chi connectivity index (χ3v) is 5.35. The maximum Gasteiger partial charge on any atom is 0.421 e. The quantitative estimate of drug-likeness (QED) is 0.169. The molecule has 2 aromatic carbocycles. The molecular weight excluding hydrogens is 532 g/mol. The molecule has 0 bridgehead atoms. The molecule has 202 valence electrons. The number of halogens is 6. The van der Waals surface area contributed by atoms with Crippen molar-refractivity contribution < 1.29 is 40.6 Å². The van der Waals surface area contributed by atoms with Crippen LogP contribution in [0.4, 0.5) is 26.3 Å². The number of nitrogens with zero attached hydrogens (tertiary/aromatic N) is 3. The summed E-state index contributed by atoms with van der Waals surface area (Å²) in [6.45, 7) is 1.21. The van der Waals surface area contributed by atoms with Gasteiger partial charge in [0.2, 0.25) is 5.88 Å². The Bertz CT molecular complexity index is 1630. The zero-order valence-corrected chi connectivity index (χ0v) is 19.9. The number of carbonyl (C=O) groups excluding carboxylic acids is 1. The molecule has 2 aromatic heterocycles. The predicted molar refractivity (Wildman–Crippen MR) is 126 cm³/mol. The van der Waals surface area contributed by atoms with Crippen LogP contribution >= 0.6 is 0 Å². The number of hydrogen-bond donors (Lipinski definition) is 0. The van der Waals surface area contributed by atoms with E-state index < -0.39 is 58.7 Å². The first-order valence-electron chi connectivity index (χ1n) is 11.2. The summed E-state index contributed by atoms with van der Waals surface area (Å²) in [6.07, 6.45) is -0.765. The molecule has 0 atom stereocenters. The topological polar surface area (TPSA) is 83.3 Å². The Hall–Kier alpha value is -4.68. The number of hydrogen-bond acceptors (Lipinski definition) is 6. The van der Waals surface area contributed by atoms with Gasteiger partial charge in [-0.15, -0.1) is 0 Å². The molecule has 0 radical (unpaired) electrons. The van der Waals surface area contributed by atoms with E-state index in [-0.39, 0.29) is 28.8 Å². The van der Waals surface area contributed by atoms with Gasteiger partial charge in [-0.05, 0) is 42.8 Å². The van der Waals surface area contributed by atoms with Gasteiger partial charge in [-0.1, -0.05) is 0 Å². The maximum absolute atomic E-state index is 14.1. The molecule has 13 heteroatoms. The Morgan fingerprint density at radius 3 is 2.44 bits per heavy atom. The Morgan fingerprint density at radius 1 is 1.05 bits per heavy atom. The Balaban J connectivity index is 1.68. The molecule has 7 nitrogen and oxygen atoms in total. The average molecular weight is 549 g/mol. The minimum Gasteiger partial charge on any atom is -0.463 e. The highest BCUT2D eigenvalue weighted by Crippen LogP contribution is 2.38. The molecule has 4 rings (SSSR count). The molecule has 0 saturated heterocycles. The Kier molecular flexibility index (Phi) is 7.70. The van der Waals surface area contributed by atoms with Crippen molar-refractivity contribution in [2.45, 2.75) is 19.6 Å². The van der Waals surface area contributed by atoms with Crippen LogP contribution in [-0.2, 0) is 22.3 Å². The van der Waals surface area contributed by atoms with Crippen LogP contribution in [0.3, 0.4) is 0 Å². The maximum atomic E-state index is 14.1. The van der Waals surface area contributed by atoms with Gasteiger partial charge in [0.1, 0.15) is 28.8 Å². The monoisotopic (exact) mass is 549 g/mol. The lowest BCUT2D eigenvalue weighted by Crippen LogP contribution is -2.14. The molecule has 0 spiro atoms. The van der Waals surface area contributed by atoms with Gasteiger partial charge in [0, 0.05) is 30.0 Å². The normalized spacial score (nSPS) is 11.8. The molecular formula is C26H17F6N3O4. The van der Waals surface area contributed by atoms with Gasteiger partial charge in [-0.25, -0.2) is 22.9 Å². The van der Waals surface area contributed by atoms with Gasteiger partial charge >= 0.3 is 12.1 Å². The third kappa shape index (κ3) is 6.25. The van der Waals surface area contributed by atoms with E-state index in [0.29, 0.717) is 12.1 Å². The molecule has 0 aliphatic heterocycles. The minimum atomic E-state index is -4.88. The molecule has 0 fully saturated rings. The number of alkyl halides is 3. The van der Waals surface area contributed by atoms with Crippen molar-refractivity contribution in [3.63, 3.8) is 0 Å². The van der Waals surface area contributed by atoms with Crippen LogP contribution in [0.5, 0.6) is 11.6 Å². The molecule has 39 heavy (non-hydrogen) atoms. The first kappa shape index (κ1) is 27.4. The predicted octanol–water partition coefficient (Wildman–Crippen LogP) is 5.64. The summed E-state index contributed by atoms with van der Waals surface area (Å²) in [5, 5.41) is -0.125. The number of aromatic nitrogens is 3. The lowest BCUT2D eigenvalue weighted by Gasteiger charge is -2.15. The van der Waals surface area contributed by atoms with Crippen LogP contribution in [0.25, 0.3) is 17.0 Å². The van der Waals surface area contributed by atoms with E-state index in [1.54, 1.807) is 6.92 Å². The van der Waals surface area contributed by atoms with Crippen LogP contribution in [0.1, 0.15) is 23.6 Å². The van der Waals surface area contributed by atoms with Crippen LogP contribution in [-0.4, -0.2) is 27.1 Å². The van der Waals surface area contributed by atoms with Crippen LogP contribution < -0.4 is 10.3 Å². The van der Waals surface area contributed by atoms with E-state index in [9.17, 15) is 35.9 Å². The SMILES string of the molecule is CCOC(=O)C=Cc1cnc(Oc2ccc3c(c2)c(=O)ncn3Cc2c(F)cc(F)cc2F)c(C(F)(F)F)c1. The highest BCUT2D eigenvalue weighted by atomic mass is 19.4. The van der Waals surface area contributed by atoms with Crippen LogP contribution in [0.15, 0.2) is 59.8 Å². The van der Waals surface area contributed by atoms with Gasteiger partial charge < -0.3 is 14.0 Å². The lowest BCUT2D eigenvalue weighted by molar-refractivity contribution is -0.139. The highest BCUT2D eigenvalue weighted by Gasteiger charge is 2.36. The number of rotatable bonds is 7. The molecule has 0 aliphatic carbocycles. The second kappa shape index (κ2) is 11.0. The fourth-order valence-corrected chi connectivity index (χ4v) is 3.58. The first-order chi connectivity index (χ1) is 18.5. The molecule has 0 N–H and O–H groups in total. The van der Waals surface area contributed by atoms with E-state index in [1.807, 2.05) is 0 Å². The highest BCUT2D eigenvalue weighted by molar-refractivity contribution is 5.87. The fourth-order valence-electron chi connectivity index (χ4n) is 3.58. The first-order valence-corrected chi connectivity index (χ1v) is 11.2. The van der Waals surface area contributed by atoms with E-state index >= 15 is 0 Å². The third-order valence-electron chi connectivity index (χ3n) is 5.35. The van der Waals surface area contributed by atoms with E-state index in [0.717, 1.165) is 36.8 Å². The number of carbonyl (C=O) groups is 1. The number of benzene rings is 2. The fraction of sp³-hybridized carbons (Fsp3) is 0.154. The van der Waals surface area contributed by atoms with Crippen molar-refractivity contribution >= 4 is 22.9 Å². The van der Waals surface area contributed by atoms with E-state index in [1.165, 1.54) is 16.7 Å². The Labute approximate surface area is 216 Å². The number of fused-ring (bicyclic) bond motifs is 1. The second-order valence-corrected chi connectivity index (χ2v) is 8.01. The standard InChI is InChI=1S/C26H17F6N3O4/c1-2-38-23(36)6-3-14-7-19(26(30,31)32)25(33-11-14)39-16-4-5-22-17(10-16)24(37)34-13-35(22)12-18-20(28)8-15(27)9-21(18)29/h3-11,13H,2,12H2,1H3. The molecule has 0 amide bonds. The zero-order valence-electron chi connectivity index (χ0n) is 19.9. The van der Waals surface area contributed by atoms with Gasteiger partial charge in [0.15, 0.2) is 0 Å². The molecule has 2 heterocycles.